The summed E-state index contributed by atoms with van der Waals surface area (Å²) >= 11 is 0. The van der Waals surface area contributed by atoms with E-state index in [-0.39, 0.29) is 12.4 Å². The van der Waals surface area contributed by atoms with E-state index in [2.05, 4.69) is 15.0 Å². The third-order valence-electron chi connectivity index (χ3n) is 3.48. The summed E-state index contributed by atoms with van der Waals surface area (Å²) in [7, 11) is -3.72. The van der Waals surface area contributed by atoms with Crippen molar-refractivity contribution < 1.29 is 28.9 Å². The highest BCUT2D eigenvalue weighted by atomic mass is 31.2. The van der Waals surface area contributed by atoms with E-state index in [4.69, 9.17) is 19.9 Å². The van der Waals surface area contributed by atoms with Crippen molar-refractivity contribution in [2.45, 2.75) is 24.5 Å². The van der Waals surface area contributed by atoms with E-state index in [1.165, 1.54) is 17.2 Å². The van der Waals surface area contributed by atoms with E-state index in [0.717, 1.165) is 6.66 Å². The van der Waals surface area contributed by atoms with Gasteiger partial charge in [0.15, 0.2) is 17.7 Å². The van der Waals surface area contributed by atoms with Gasteiger partial charge in [0.1, 0.15) is 30.2 Å². The molecule has 0 amide bonds. The van der Waals surface area contributed by atoms with Crippen molar-refractivity contribution in [2.24, 2.45) is 0 Å². The first kappa shape index (κ1) is 16.2. The van der Waals surface area contributed by atoms with Gasteiger partial charge >= 0.3 is 7.60 Å². The maximum absolute atomic E-state index is 11.2. The van der Waals surface area contributed by atoms with Crippen LogP contribution in [0.25, 0.3) is 11.2 Å². The van der Waals surface area contributed by atoms with Crippen molar-refractivity contribution in [1.82, 2.24) is 19.5 Å². The lowest BCUT2D eigenvalue weighted by Crippen LogP contribution is -2.33. The summed E-state index contributed by atoms with van der Waals surface area (Å²) in [4.78, 5) is 21.0. The Bertz CT molecular complexity index is 762. The number of nitrogens with zero attached hydrogens (tertiary/aromatic N) is 4. The molecule has 0 aliphatic carbocycles. The van der Waals surface area contributed by atoms with E-state index >= 15 is 0 Å². The van der Waals surface area contributed by atoms with Crippen LogP contribution in [0.4, 0.5) is 5.82 Å². The fourth-order valence-electron chi connectivity index (χ4n) is 2.36. The number of rotatable bonds is 4. The number of hydrogen-bond donors (Lipinski definition) is 4. The highest BCUT2D eigenvalue weighted by molar-refractivity contribution is 7.51. The third kappa shape index (κ3) is 3.07. The van der Waals surface area contributed by atoms with Gasteiger partial charge in [-0.05, 0) is 0 Å². The molecule has 5 atom stereocenters. The van der Waals surface area contributed by atoms with Crippen molar-refractivity contribution in [3.8, 4) is 0 Å². The molecule has 1 aliphatic rings. The van der Waals surface area contributed by atoms with Gasteiger partial charge in [0.05, 0.1) is 12.9 Å². The number of nitrogens with two attached hydrogens (primary N) is 1. The fraction of sp³-hybridized carbons (Fsp3) is 0.545. The predicted octanol–water partition coefficient (Wildman–Crippen LogP) is -1.14. The summed E-state index contributed by atoms with van der Waals surface area (Å²) in [5.74, 6) is 0.175. The zero-order chi connectivity index (χ0) is 16.8. The summed E-state index contributed by atoms with van der Waals surface area (Å²) in [5, 5.41) is 20.2. The van der Waals surface area contributed by atoms with Crippen LogP contribution < -0.4 is 5.73 Å². The summed E-state index contributed by atoms with van der Waals surface area (Å²) in [5.41, 5.74) is 6.37. The highest BCUT2D eigenvalue weighted by Gasteiger charge is 2.45. The molecular weight excluding hydrogens is 329 g/mol. The van der Waals surface area contributed by atoms with Gasteiger partial charge in [-0.2, -0.15) is 0 Å². The normalized spacial score (nSPS) is 30.6. The largest absolute Gasteiger partial charge is 0.387 e. The topological polar surface area (TPSA) is 166 Å². The average molecular weight is 345 g/mol. The number of nitrogen functional groups attached to an aromatic ring is 1. The number of anilines is 1. The maximum Gasteiger partial charge on any atom is 0.325 e. The van der Waals surface area contributed by atoms with Crippen molar-refractivity contribution >= 4 is 24.6 Å². The molecule has 2 aromatic heterocycles. The first-order valence-electron chi connectivity index (χ1n) is 6.67. The number of imidazole rings is 1. The molecular formula is C11H16N5O6P. The van der Waals surface area contributed by atoms with Gasteiger partial charge in [0.2, 0.25) is 0 Å². The summed E-state index contributed by atoms with van der Waals surface area (Å²) in [6.07, 6.45) is -1.97. The molecule has 23 heavy (non-hydrogen) atoms. The number of hydrogen-bond acceptors (Lipinski definition) is 9. The van der Waals surface area contributed by atoms with Crippen LogP contribution in [0.5, 0.6) is 0 Å². The molecule has 0 spiro atoms. The number of ether oxygens (including phenoxy) is 1. The molecule has 2 aromatic rings. The van der Waals surface area contributed by atoms with E-state index in [1.807, 2.05) is 0 Å². The molecule has 0 aromatic carbocycles. The Morgan fingerprint density at radius 1 is 1.39 bits per heavy atom. The zero-order valence-corrected chi connectivity index (χ0v) is 12.9. The quantitative estimate of drug-likeness (QED) is 0.497. The molecule has 3 rings (SSSR count). The lowest BCUT2D eigenvalue weighted by Gasteiger charge is -2.16. The van der Waals surface area contributed by atoms with E-state index in [9.17, 15) is 14.8 Å². The summed E-state index contributed by atoms with van der Waals surface area (Å²) in [6, 6.07) is 0. The number of fused-ring (bicyclic) bond motifs is 1. The van der Waals surface area contributed by atoms with Crippen LogP contribution in [0, 0.1) is 0 Å². The minimum atomic E-state index is -3.72. The van der Waals surface area contributed by atoms with Crippen LogP contribution in [0.3, 0.4) is 0 Å². The Labute approximate surface area is 130 Å². The smallest absolute Gasteiger partial charge is 0.325 e. The van der Waals surface area contributed by atoms with Crippen molar-refractivity contribution in [2.75, 3.05) is 19.0 Å². The van der Waals surface area contributed by atoms with Gasteiger partial charge in [-0.1, -0.05) is 0 Å². The molecule has 5 N–H and O–H groups in total. The zero-order valence-electron chi connectivity index (χ0n) is 12.1. The van der Waals surface area contributed by atoms with Crippen LogP contribution in [0.1, 0.15) is 6.23 Å². The first-order valence-corrected chi connectivity index (χ1v) is 8.70. The van der Waals surface area contributed by atoms with Gasteiger partial charge < -0.3 is 30.1 Å². The number of aromatic nitrogens is 4. The second-order valence-electron chi connectivity index (χ2n) is 5.23. The van der Waals surface area contributed by atoms with Gasteiger partial charge in [0, 0.05) is 6.66 Å². The van der Waals surface area contributed by atoms with Crippen LogP contribution in [-0.4, -0.2) is 66.2 Å². The minimum absolute atomic E-state index is 0.175. The Balaban J connectivity index is 1.85. The van der Waals surface area contributed by atoms with Gasteiger partial charge in [-0.3, -0.25) is 9.13 Å². The lowest BCUT2D eigenvalue weighted by atomic mass is 10.1. The summed E-state index contributed by atoms with van der Waals surface area (Å²) in [6.45, 7) is 0.675. The Morgan fingerprint density at radius 2 is 2.13 bits per heavy atom. The molecule has 0 radical (unpaired) electrons. The van der Waals surface area contributed by atoms with Gasteiger partial charge in [-0.25, -0.2) is 15.0 Å². The lowest BCUT2D eigenvalue weighted by molar-refractivity contribution is -0.0483. The number of aliphatic hydroxyl groups is 2. The molecule has 11 nitrogen and oxygen atoms in total. The SMILES string of the molecule is CP(=O)(O)OC[C@H]1O[C@@H](n2cnc3c(N)ncnc32)[C@H](O)[C@@H]1O. The third-order valence-corrected chi connectivity index (χ3v) is 4.10. The Kier molecular flexibility index (Phi) is 4.08. The van der Waals surface area contributed by atoms with Gasteiger partial charge in [-0.15, -0.1) is 0 Å². The Morgan fingerprint density at radius 3 is 2.83 bits per heavy atom. The van der Waals surface area contributed by atoms with Crippen molar-refractivity contribution in [3.05, 3.63) is 12.7 Å². The second-order valence-corrected chi connectivity index (χ2v) is 7.09. The van der Waals surface area contributed by atoms with Crippen LogP contribution in [0.2, 0.25) is 0 Å². The van der Waals surface area contributed by atoms with Crippen molar-refractivity contribution in [3.63, 3.8) is 0 Å². The molecule has 1 unspecified atom stereocenters. The minimum Gasteiger partial charge on any atom is -0.387 e. The molecule has 0 bridgehead atoms. The second kappa shape index (κ2) is 5.78. The molecule has 126 valence electrons. The van der Waals surface area contributed by atoms with Crippen molar-refractivity contribution in [1.29, 1.82) is 0 Å². The van der Waals surface area contributed by atoms with Crippen LogP contribution in [-0.2, 0) is 13.8 Å². The monoisotopic (exact) mass is 345 g/mol. The van der Waals surface area contributed by atoms with E-state index in [1.54, 1.807) is 0 Å². The molecule has 1 fully saturated rings. The first-order chi connectivity index (χ1) is 10.8. The average Bonchev–Trinajstić information content (AvgIpc) is 3.01. The highest BCUT2D eigenvalue weighted by Crippen LogP contribution is 2.39. The van der Waals surface area contributed by atoms with Gasteiger partial charge in [0.25, 0.3) is 0 Å². The van der Waals surface area contributed by atoms with Crippen LogP contribution in [0.15, 0.2) is 12.7 Å². The molecule has 0 saturated carbocycles. The molecule has 1 saturated heterocycles. The molecule has 12 heteroatoms. The Hall–Kier alpha value is -1.62. The molecule has 3 heterocycles. The molecule has 1 aliphatic heterocycles. The summed E-state index contributed by atoms with van der Waals surface area (Å²) < 4.78 is 22.9. The van der Waals surface area contributed by atoms with Crippen LogP contribution >= 0.6 is 7.60 Å². The van der Waals surface area contributed by atoms with E-state index < -0.39 is 32.1 Å². The fourth-order valence-corrected chi connectivity index (χ4v) is 2.79. The predicted molar refractivity (Wildman–Crippen MR) is 77.4 cm³/mol. The standard InChI is InChI=1S/C11H16N5O6P/c1-23(19,20)21-2-5-7(17)8(18)11(22-5)16-4-15-6-9(12)13-3-14-10(6)16/h3-5,7-8,11,17-18H,2H2,1H3,(H,19,20)(H2,12,13,14)/t5-,7-,8-,11-/m1/s1. The maximum atomic E-state index is 11.2. The van der Waals surface area contributed by atoms with E-state index in [0.29, 0.717) is 11.2 Å². The number of aliphatic hydroxyl groups excluding tert-OH is 2.